The molecule has 0 radical (unpaired) electrons. The highest BCUT2D eigenvalue weighted by Crippen LogP contribution is 2.34. The molecule has 1 aromatic carbocycles. The largest absolute Gasteiger partial charge is 0.395 e. The van der Waals surface area contributed by atoms with Gasteiger partial charge in [-0.2, -0.15) is 0 Å². The molecule has 3 heteroatoms. The Bertz CT molecular complexity index is 369. The van der Waals surface area contributed by atoms with E-state index in [1.807, 2.05) is 12.1 Å². The van der Waals surface area contributed by atoms with Gasteiger partial charge in [-0.3, -0.25) is 0 Å². The monoisotopic (exact) mass is 283 g/mol. The van der Waals surface area contributed by atoms with Crippen molar-refractivity contribution in [2.45, 2.75) is 18.3 Å². The molecule has 2 nitrogen and oxygen atoms in total. The molecule has 1 unspecified atom stereocenters. The molecule has 0 bridgehead atoms. The van der Waals surface area contributed by atoms with E-state index >= 15 is 0 Å². The van der Waals surface area contributed by atoms with Crippen LogP contribution in [0.3, 0.4) is 0 Å². The number of hydrogen-bond acceptors (Lipinski definition) is 2. The molecule has 0 aromatic heterocycles. The third kappa shape index (κ3) is 2.31. The zero-order valence-corrected chi connectivity index (χ0v) is 11.2. The van der Waals surface area contributed by atoms with E-state index in [-0.39, 0.29) is 12.0 Å². The van der Waals surface area contributed by atoms with Crippen LogP contribution in [0.4, 0.5) is 0 Å². The van der Waals surface area contributed by atoms with E-state index in [0.717, 1.165) is 30.4 Å². The van der Waals surface area contributed by atoms with Gasteiger partial charge in [-0.05, 0) is 44.1 Å². The van der Waals surface area contributed by atoms with Crippen LogP contribution in [0.15, 0.2) is 28.7 Å². The summed E-state index contributed by atoms with van der Waals surface area (Å²) in [6.07, 6.45) is 2.23. The van der Waals surface area contributed by atoms with Crippen molar-refractivity contribution in [3.05, 3.63) is 34.3 Å². The van der Waals surface area contributed by atoms with Gasteiger partial charge >= 0.3 is 0 Å². The lowest BCUT2D eigenvalue weighted by molar-refractivity contribution is 0.105. The summed E-state index contributed by atoms with van der Waals surface area (Å²) in [6.45, 7) is 2.31. The second-order valence-corrected chi connectivity index (χ2v) is 5.71. The lowest BCUT2D eigenvalue weighted by Crippen LogP contribution is -2.46. The van der Waals surface area contributed by atoms with Gasteiger partial charge in [-0.25, -0.2) is 0 Å². The van der Waals surface area contributed by atoms with Crippen LogP contribution in [-0.2, 0) is 5.41 Å². The molecule has 1 aromatic rings. The number of likely N-dealkylation sites (tertiary alicyclic amines) is 1. The molecule has 1 aliphatic rings. The Labute approximate surface area is 105 Å². The van der Waals surface area contributed by atoms with Crippen LogP contribution < -0.4 is 0 Å². The molecule has 0 saturated carbocycles. The molecule has 1 N–H and O–H groups in total. The van der Waals surface area contributed by atoms with Gasteiger partial charge < -0.3 is 10.0 Å². The number of benzene rings is 1. The van der Waals surface area contributed by atoms with Crippen LogP contribution in [0.2, 0.25) is 0 Å². The Morgan fingerprint density at radius 2 is 2.31 bits per heavy atom. The maximum absolute atomic E-state index is 9.76. The first-order valence-corrected chi connectivity index (χ1v) is 6.51. The number of piperidine rings is 1. The summed E-state index contributed by atoms with van der Waals surface area (Å²) in [5.74, 6) is 0. The highest BCUT2D eigenvalue weighted by Gasteiger charge is 2.35. The smallest absolute Gasteiger partial charge is 0.0540 e. The molecule has 1 saturated heterocycles. The summed E-state index contributed by atoms with van der Waals surface area (Å²) < 4.78 is 1.09. The van der Waals surface area contributed by atoms with Gasteiger partial charge in [0.25, 0.3) is 0 Å². The van der Waals surface area contributed by atoms with Gasteiger partial charge in [0.15, 0.2) is 0 Å². The summed E-state index contributed by atoms with van der Waals surface area (Å²) in [5.41, 5.74) is 1.17. The van der Waals surface area contributed by atoms with Crippen LogP contribution in [0, 0.1) is 0 Å². The fraction of sp³-hybridized carbons (Fsp3) is 0.538. The number of rotatable bonds is 2. The highest BCUT2D eigenvalue weighted by atomic mass is 79.9. The van der Waals surface area contributed by atoms with Crippen molar-refractivity contribution in [1.29, 1.82) is 0 Å². The topological polar surface area (TPSA) is 23.5 Å². The molecule has 0 amide bonds. The standard InChI is InChI=1S/C13H18BrNO/c1-15-7-3-6-13(9-15,10-16)11-4-2-5-12(14)8-11/h2,4-5,8,16H,3,6-7,9-10H2,1H3. The van der Waals surface area contributed by atoms with Crippen LogP contribution >= 0.6 is 15.9 Å². The summed E-state index contributed by atoms with van der Waals surface area (Å²) in [4.78, 5) is 2.31. The Hall–Kier alpha value is -0.380. The van der Waals surface area contributed by atoms with E-state index in [9.17, 15) is 5.11 Å². The third-order valence-corrected chi connectivity index (χ3v) is 4.00. The number of likely N-dealkylation sites (N-methyl/N-ethyl adjacent to an activating group) is 1. The molecule has 88 valence electrons. The lowest BCUT2D eigenvalue weighted by Gasteiger charge is -2.40. The normalized spacial score (nSPS) is 26.9. The predicted molar refractivity (Wildman–Crippen MR) is 69.6 cm³/mol. The number of aliphatic hydroxyl groups is 1. The molecule has 1 heterocycles. The van der Waals surface area contributed by atoms with Crippen molar-refractivity contribution in [3.8, 4) is 0 Å². The average Bonchev–Trinajstić information content (AvgIpc) is 2.29. The molecule has 1 atom stereocenters. The molecule has 0 spiro atoms. The lowest BCUT2D eigenvalue weighted by atomic mass is 9.75. The molecule has 1 fully saturated rings. The van der Waals surface area contributed by atoms with E-state index < -0.39 is 0 Å². The van der Waals surface area contributed by atoms with Crippen LogP contribution in [0.5, 0.6) is 0 Å². The molecule has 0 aliphatic carbocycles. The minimum Gasteiger partial charge on any atom is -0.395 e. The van der Waals surface area contributed by atoms with E-state index in [0.29, 0.717) is 0 Å². The van der Waals surface area contributed by atoms with E-state index in [2.05, 4.69) is 40.0 Å². The van der Waals surface area contributed by atoms with Gasteiger partial charge in [0.05, 0.1) is 6.61 Å². The first-order valence-electron chi connectivity index (χ1n) is 5.72. The number of nitrogens with zero attached hydrogens (tertiary/aromatic N) is 1. The van der Waals surface area contributed by atoms with E-state index in [1.165, 1.54) is 5.56 Å². The van der Waals surface area contributed by atoms with Crippen molar-refractivity contribution < 1.29 is 5.11 Å². The maximum Gasteiger partial charge on any atom is 0.0540 e. The first-order chi connectivity index (χ1) is 7.66. The Kier molecular flexibility index (Phi) is 3.67. The minimum atomic E-state index is -0.0726. The minimum absolute atomic E-state index is 0.0726. The van der Waals surface area contributed by atoms with Gasteiger partial charge in [0.1, 0.15) is 0 Å². The molecule has 1 aliphatic heterocycles. The predicted octanol–water partition coefficient (Wildman–Crippen LogP) is 2.40. The Balaban J connectivity index is 2.33. The Morgan fingerprint density at radius 1 is 1.50 bits per heavy atom. The number of halogens is 1. The zero-order valence-electron chi connectivity index (χ0n) is 9.62. The van der Waals surface area contributed by atoms with Crippen molar-refractivity contribution in [3.63, 3.8) is 0 Å². The molecular weight excluding hydrogens is 266 g/mol. The maximum atomic E-state index is 9.76. The summed E-state index contributed by atoms with van der Waals surface area (Å²) in [6, 6.07) is 8.34. The van der Waals surface area contributed by atoms with Crippen molar-refractivity contribution in [2.24, 2.45) is 0 Å². The zero-order chi connectivity index (χ0) is 11.6. The van der Waals surface area contributed by atoms with Crippen molar-refractivity contribution >= 4 is 15.9 Å². The summed E-state index contributed by atoms with van der Waals surface area (Å²) in [7, 11) is 2.13. The quantitative estimate of drug-likeness (QED) is 0.901. The van der Waals surface area contributed by atoms with Crippen molar-refractivity contribution in [2.75, 3.05) is 26.7 Å². The van der Waals surface area contributed by atoms with Gasteiger partial charge in [0.2, 0.25) is 0 Å². The number of aliphatic hydroxyl groups excluding tert-OH is 1. The average molecular weight is 284 g/mol. The first kappa shape index (κ1) is 12.1. The van der Waals surface area contributed by atoms with Crippen molar-refractivity contribution in [1.82, 2.24) is 4.90 Å². The SMILES string of the molecule is CN1CCCC(CO)(c2cccc(Br)c2)C1. The number of hydrogen-bond donors (Lipinski definition) is 1. The van der Waals surface area contributed by atoms with Crippen LogP contribution in [-0.4, -0.2) is 36.8 Å². The second kappa shape index (κ2) is 4.86. The van der Waals surface area contributed by atoms with E-state index in [4.69, 9.17) is 0 Å². The second-order valence-electron chi connectivity index (χ2n) is 4.79. The fourth-order valence-corrected chi connectivity index (χ4v) is 3.04. The van der Waals surface area contributed by atoms with Crippen LogP contribution in [0.25, 0.3) is 0 Å². The van der Waals surface area contributed by atoms with Gasteiger partial charge in [0, 0.05) is 16.4 Å². The summed E-state index contributed by atoms with van der Waals surface area (Å²) in [5, 5.41) is 9.76. The van der Waals surface area contributed by atoms with Gasteiger partial charge in [-0.1, -0.05) is 28.1 Å². The third-order valence-electron chi connectivity index (χ3n) is 3.51. The van der Waals surface area contributed by atoms with Gasteiger partial charge in [-0.15, -0.1) is 0 Å². The highest BCUT2D eigenvalue weighted by molar-refractivity contribution is 9.10. The van der Waals surface area contributed by atoms with Crippen LogP contribution in [0.1, 0.15) is 18.4 Å². The fourth-order valence-electron chi connectivity index (χ4n) is 2.64. The Morgan fingerprint density at radius 3 is 2.94 bits per heavy atom. The molecule has 2 rings (SSSR count). The summed E-state index contributed by atoms with van der Waals surface area (Å²) >= 11 is 3.50. The molecule has 16 heavy (non-hydrogen) atoms. The van der Waals surface area contributed by atoms with E-state index in [1.54, 1.807) is 0 Å². The molecular formula is C13H18BrNO.